The molecule has 1 aromatic heterocycles. The molecule has 1 aromatic rings. The summed E-state index contributed by atoms with van der Waals surface area (Å²) in [4.78, 5) is 6.72. The Hall–Kier alpha value is -0.940. The SMILES string of the molecule is CCc1nc(CN2CCC[C@@H](NC)C2)no1. The Bertz CT molecular complexity index is 326. The lowest BCUT2D eigenvalue weighted by atomic mass is 10.1. The third-order valence-corrected chi connectivity index (χ3v) is 3.09. The van der Waals surface area contributed by atoms with Crippen molar-refractivity contribution in [2.24, 2.45) is 0 Å². The number of aromatic nitrogens is 2. The summed E-state index contributed by atoms with van der Waals surface area (Å²) in [7, 11) is 2.03. The van der Waals surface area contributed by atoms with E-state index in [0.717, 1.165) is 37.8 Å². The van der Waals surface area contributed by atoms with Crippen LogP contribution in [0.2, 0.25) is 0 Å². The summed E-state index contributed by atoms with van der Waals surface area (Å²) in [6.45, 7) is 5.04. The fourth-order valence-electron chi connectivity index (χ4n) is 2.13. The van der Waals surface area contributed by atoms with E-state index in [0.29, 0.717) is 6.04 Å². The van der Waals surface area contributed by atoms with Gasteiger partial charge in [0.05, 0.1) is 6.54 Å². The molecule has 90 valence electrons. The molecule has 5 heteroatoms. The Balaban J connectivity index is 1.88. The maximum Gasteiger partial charge on any atom is 0.226 e. The first kappa shape index (κ1) is 11.5. The zero-order chi connectivity index (χ0) is 11.4. The number of nitrogens with one attached hydrogen (secondary N) is 1. The molecule has 1 saturated heterocycles. The van der Waals surface area contributed by atoms with Crippen LogP contribution < -0.4 is 5.32 Å². The van der Waals surface area contributed by atoms with Crippen LogP contribution in [0.4, 0.5) is 0 Å². The van der Waals surface area contributed by atoms with E-state index in [9.17, 15) is 0 Å². The van der Waals surface area contributed by atoms with Gasteiger partial charge in [0, 0.05) is 19.0 Å². The molecule has 1 fully saturated rings. The van der Waals surface area contributed by atoms with E-state index in [1.165, 1.54) is 12.8 Å². The Morgan fingerprint density at radius 1 is 1.56 bits per heavy atom. The minimum absolute atomic E-state index is 0.603. The van der Waals surface area contributed by atoms with Gasteiger partial charge in [0.25, 0.3) is 0 Å². The molecule has 0 aliphatic carbocycles. The normalized spacial score (nSPS) is 22.5. The Morgan fingerprint density at radius 3 is 3.12 bits per heavy atom. The van der Waals surface area contributed by atoms with E-state index in [1.54, 1.807) is 0 Å². The molecule has 0 aromatic carbocycles. The summed E-state index contributed by atoms with van der Waals surface area (Å²) in [5, 5.41) is 7.31. The van der Waals surface area contributed by atoms with Crippen LogP contribution in [-0.2, 0) is 13.0 Å². The van der Waals surface area contributed by atoms with E-state index in [-0.39, 0.29) is 0 Å². The summed E-state index contributed by atoms with van der Waals surface area (Å²) in [5.41, 5.74) is 0. The largest absolute Gasteiger partial charge is 0.339 e. The second-order valence-corrected chi connectivity index (χ2v) is 4.32. The summed E-state index contributed by atoms with van der Waals surface area (Å²) in [6, 6.07) is 0.603. The molecule has 0 saturated carbocycles. The number of aryl methyl sites for hydroxylation is 1. The standard InChI is InChI=1S/C11H20N4O/c1-3-11-13-10(14-16-11)8-15-6-4-5-9(7-15)12-2/h9,12H,3-8H2,1-2H3/t9-/m1/s1. The second kappa shape index (κ2) is 5.41. The molecule has 0 spiro atoms. The maximum atomic E-state index is 5.11. The maximum absolute atomic E-state index is 5.11. The molecular formula is C11H20N4O. The summed E-state index contributed by atoms with van der Waals surface area (Å²) in [5.74, 6) is 1.55. The van der Waals surface area contributed by atoms with E-state index in [1.807, 2.05) is 14.0 Å². The molecule has 0 unspecified atom stereocenters. The van der Waals surface area contributed by atoms with Crippen molar-refractivity contribution in [1.82, 2.24) is 20.4 Å². The quantitative estimate of drug-likeness (QED) is 0.820. The minimum Gasteiger partial charge on any atom is -0.339 e. The number of hydrogen-bond acceptors (Lipinski definition) is 5. The van der Waals surface area contributed by atoms with E-state index >= 15 is 0 Å². The predicted octanol–water partition coefficient (Wildman–Crippen LogP) is 0.816. The number of hydrogen-bond donors (Lipinski definition) is 1. The van der Waals surface area contributed by atoms with Crippen LogP contribution >= 0.6 is 0 Å². The van der Waals surface area contributed by atoms with Crippen molar-refractivity contribution in [2.45, 2.75) is 38.8 Å². The third-order valence-electron chi connectivity index (χ3n) is 3.09. The molecule has 1 aliphatic rings. The van der Waals surface area contributed by atoms with Crippen LogP contribution in [0.3, 0.4) is 0 Å². The van der Waals surface area contributed by atoms with Gasteiger partial charge in [-0.1, -0.05) is 12.1 Å². The molecule has 2 heterocycles. The first-order chi connectivity index (χ1) is 7.81. The first-order valence-corrected chi connectivity index (χ1v) is 6.03. The number of nitrogens with zero attached hydrogens (tertiary/aromatic N) is 3. The molecular weight excluding hydrogens is 204 g/mol. The molecule has 0 radical (unpaired) electrons. The number of piperidine rings is 1. The molecule has 1 aliphatic heterocycles. The lowest BCUT2D eigenvalue weighted by Crippen LogP contribution is -2.44. The highest BCUT2D eigenvalue weighted by Gasteiger charge is 2.19. The van der Waals surface area contributed by atoms with Gasteiger partial charge in [0.15, 0.2) is 5.82 Å². The van der Waals surface area contributed by atoms with Gasteiger partial charge < -0.3 is 9.84 Å². The highest BCUT2D eigenvalue weighted by Crippen LogP contribution is 2.12. The number of rotatable bonds is 4. The number of likely N-dealkylation sites (N-methyl/N-ethyl adjacent to an activating group) is 1. The van der Waals surface area contributed by atoms with Gasteiger partial charge in [0.2, 0.25) is 5.89 Å². The zero-order valence-electron chi connectivity index (χ0n) is 10.1. The summed E-state index contributed by atoms with van der Waals surface area (Å²) >= 11 is 0. The smallest absolute Gasteiger partial charge is 0.226 e. The first-order valence-electron chi connectivity index (χ1n) is 6.03. The van der Waals surface area contributed by atoms with Crippen LogP contribution in [-0.4, -0.2) is 41.2 Å². The third kappa shape index (κ3) is 2.80. The highest BCUT2D eigenvalue weighted by atomic mass is 16.5. The fraction of sp³-hybridized carbons (Fsp3) is 0.818. The van der Waals surface area contributed by atoms with Crippen molar-refractivity contribution in [3.63, 3.8) is 0 Å². The van der Waals surface area contributed by atoms with E-state index in [2.05, 4.69) is 20.4 Å². The van der Waals surface area contributed by atoms with Crippen molar-refractivity contribution < 1.29 is 4.52 Å². The van der Waals surface area contributed by atoms with Crippen molar-refractivity contribution in [1.29, 1.82) is 0 Å². The summed E-state index contributed by atoms with van der Waals surface area (Å²) < 4.78 is 5.11. The molecule has 5 nitrogen and oxygen atoms in total. The minimum atomic E-state index is 0.603. The van der Waals surface area contributed by atoms with Gasteiger partial charge in [-0.05, 0) is 26.4 Å². The Morgan fingerprint density at radius 2 is 2.44 bits per heavy atom. The van der Waals surface area contributed by atoms with Crippen molar-refractivity contribution >= 4 is 0 Å². The van der Waals surface area contributed by atoms with Crippen molar-refractivity contribution in [3.8, 4) is 0 Å². The van der Waals surface area contributed by atoms with Gasteiger partial charge in [-0.15, -0.1) is 0 Å². The molecule has 1 atom stereocenters. The van der Waals surface area contributed by atoms with Crippen LogP contribution in [0.1, 0.15) is 31.5 Å². The Labute approximate surface area is 96.2 Å². The van der Waals surface area contributed by atoms with Gasteiger partial charge in [-0.2, -0.15) is 4.98 Å². The van der Waals surface area contributed by atoms with Gasteiger partial charge >= 0.3 is 0 Å². The molecule has 16 heavy (non-hydrogen) atoms. The fourth-order valence-corrected chi connectivity index (χ4v) is 2.13. The highest BCUT2D eigenvalue weighted by molar-refractivity contribution is 4.88. The average Bonchev–Trinajstić information content (AvgIpc) is 2.77. The molecule has 1 N–H and O–H groups in total. The topological polar surface area (TPSA) is 54.2 Å². The molecule has 0 bridgehead atoms. The van der Waals surface area contributed by atoms with Crippen molar-refractivity contribution in [2.75, 3.05) is 20.1 Å². The van der Waals surface area contributed by atoms with Crippen LogP contribution in [0.5, 0.6) is 0 Å². The van der Waals surface area contributed by atoms with Gasteiger partial charge in [0.1, 0.15) is 0 Å². The predicted molar refractivity (Wildman–Crippen MR) is 61.0 cm³/mol. The average molecular weight is 224 g/mol. The molecule has 0 amide bonds. The lowest BCUT2D eigenvalue weighted by molar-refractivity contribution is 0.182. The number of likely N-dealkylation sites (tertiary alicyclic amines) is 1. The zero-order valence-corrected chi connectivity index (χ0v) is 10.1. The van der Waals surface area contributed by atoms with Gasteiger partial charge in [-0.3, -0.25) is 4.90 Å². The van der Waals surface area contributed by atoms with Gasteiger partial charge in [-0.25, -0.2) is 0 Å². The summed E-state index contributed by atoms with van der Waals surface area (Å²) in [6.07, 6.45) is 3.32. The van der Waals surface area contributed by atoms with Crippen molar-refractivity contribution in [3.05, 3.63) is 11.7 Å². The lowest BCUT2D eigenvalue weighted by Gasteiger charge is -2.31. The van der Waals surface area contributed by atoms with Crippen LogP contribution in [0.15, 0.2) is 4.52 Å². The molecule has 2 rings (SSSR count). The monoisotopic (exact) mass is 224 g/mol. The van der Waals surface area contributed by atoms with Crippen LogP contribution in [0, 0.1) is 0 Å². The van der Waals surface area contributed by atoms with E-state index < -0.39 is 0 Å². The van der Waals surface area contributed by atoms with Crippen LogP contribution in [0.25, 0.3) is 0 Å². The van der Waals surface area contributed by atoms with E-state index in [4.69, 9.17) is 4.52 Å². The Kier molecular flexibility index (Phi) is 3.90. The second-order valence-electron chi connectivity index (χ2n) is 4.32.